The summed E-state index contributed by atoms with van der Waals surface area (Å²) in [7, 11) is 0. The molecule has 1 aliphatic heterocycles. The fourth-order valence-corrected chi connectivity index (χ4v) is 4.38. The Bertz CT molecular complexity index is 1110. The van der Waals surface area contributed by atoms with Crippen molar-refractivity contribution in [3.8, 4) is 0 Å². The zero-order valence-electron chi connectivity index (χ0n) is 13.5. The maximum absolute atomic E-state index is 12.7. The lowest BCUT2D eigenvalue weighted by atomic mass is 10.1. The minimum Gasteiger partial charge on any atom is -0.334 e. The summed E-state index contributed by atoms with van der Waals surface area (Å²) in [6.07, 6.45) is 1.92. The molecule has 126 valence electrons. The van der Waals surface area contributed by atoms with Crippen molar-refractivity contribution in [1.29, 1.82) is 0 Å². The number of hydrogen-bond acceptors (Lipinski definition) is 6. The van der Waals surface area contributed by atoms with Crippen LogP contribution in [0.1, 0.15) is 22.2 Å². The van der Waals surface area contributed by atoms with Crippen molar-refractivity contribution in [3.05, 3.63) is 71.9 Å². The second-order valence-corrected chi connectivity index (χ2v) is 7.72. The Morgan fingerprint density at radius 1 is 1.28 bits per heavy atom. The standard InChI is InChI=1S/C18H15N3O2S2/c1-12(22)13-4-2-5-14(8-13)20-10-19-18-21(11-20)17(23)16(25-18)9-15-6-3-7-24-15/h2-9H,10-11H2,1H3/b16-9-. The molecular formula is C18H15N3O2S2. The molecule has 0 amide bonds. The topological polar surface area (TPSA) is 54.7 Å². The number of anilines is 1. The van der Waals surface area contributed by atoms with E-state index in [-0.39, 0.29) is 11.3 Å². The number of rotatable bonds is 3. The predicted octanol–water partition coefficient (Wildman–Crippen LogP) is 2.06. The SMILES string of the molecule is CC(=O)c1cccc(N2CN=c3s/c(=C\c4cccs4)c(=O)n3C2)c1. The lowest BCUT2D eigenvalue weighted by Gasteiger charge is -2.25. The molecule has 0 spiro atoms. The number of ketones is 1. The highest BCUT2D eigenvalue weighted by Crippen LogP contribution is 2.18. The molecule has 5 nitrogen and oxygen atoms in total. The average molecular weight is 369 g/mol. The summed E-state index contributed by atoms with van der Waals surface area (Å²) >= 11 is 3.02. The molecule has 0 radical (unpaired) electrons. The monoisotopic (exact) mass is 369 g/mol. The van der Waals surface area contributed by atoms with Gasteiger partial charge in [-0.2, -0.15) is 0 Å². The van der Waals surface area contributed by atoms with Crippen molar-refractivity contribution in [3.63, 3.8) is 0 Å². The van der Waals surface area contributed by atoms with Crippen LogP contribution in [0, 0.1) is 0 Å². The summed E-state index contributed by atoms with van der Waals surface area (Å²) < 4.78 is 2.38. The van der Waals surface area contributed by atoms with E-state index < -0.39 is 0 Å². The molecule has 25 heavy (non-hydrogen) atoms. The maximum atomic E-state index is 12.7. The largest absolute Gasteiger partial charge is 0.334 e. The van der Waals surface area contributed by atoms with E-state index in [0.29, 0.717) is 23.4 Å². The van der Waals surface area contributed by atoms with E-state index in [1.54, 1.807) is 28.9 Å². The number of carbonyl (C=O) groups excluding carboxylic acids is 1. The summed E-state index contributed by atoms with van der Waals surface area (Å²) in [6.45, 7) is 2.46. The van der Waals surface area contributed by atoms with Gasteiger partial charge in [-0.05, 0) is 36.6 Å². The molecule has 2 aromatic heterocycles. The van der Waals surface area contributed by atoms with Gasteiger partial charge in [0, 0.05) is 16.1 Å². The third-order valence-electron chi connectivity index (χ3n) is 4.01. The molecular weight excluding hydrogens is 354 g/mol. The predicted molar refractivity (Wildman–Crippen MR) is 101 cm³/mol. The Morgan fingerprint density at radius 2 is 2.16 bits per heavy atom. The van der Waals surface area contributed by atoms with E-state index in [4.69, 9.17) is 0 Å². The van der Waals surface area contributed by atoms with Crippen LogP contribution in [0.4, 0.5) is 5.69 Å². The van der Waals surface area contributed by atoms with Crippen LogP contribution in [0.2, 0.25) is 0 Å². The van der Waals surface area contributed by atoms with E-state index in [9.17, 15) is 9.59 Å². The minimum atomic E-state index is -0.0235. The van der Waals surface area contributed by atoms with Gasteiger partial charge < -0.3 is 4.90 Å². The maximum Gasteiger partial charge on any atom is 0.271 e. The molecule has 0 unspecified atom stereocenters. The van der Waals surface area contributed by atoms with Crippen LogP contribution in [0.15, 0.2) is 51.6 Å². The van der Waals surface area contributed by atoms with Crippen LogP contribution in [-0.2, 0) is 6.67 Å². The highest BCUT2D eigenvalue weighted by molar-refractivity contribution is 7.11. The summed E-state index contributed by atoms with van der Waals surface area (Å²) in [5.41, 5.74) is 1.53. The number of thiazole rings is 1. The molecule has 0 fully saturated rings. The van der Waals surface area contributed by atoms with Gasteiger partial charge in [0.2, 0.25) is 0 Å². The first kappa shape index (κ1) is 16.0. The highest BCUT2D eigenvalue weighted by atomic mass is 32.1. The van der Waals surface area contributed by atoms with Crippen LogP contribution in [0.3, 0.4) is 0 Å². The first-order valence-corrected chi connectivity index (χ1v) is 9.47. The number of carbonyl (C=O) groups is 1. The second-order valence-electron chi connectivity index (χ2n) is 5.73. The first-order chi connectivity index (χ1) is 12.1. The second kappa shape index (κ2) is 6.42. The van der Waals surface area contributed by atoms with Gasteiger partial charge in [-0.25, -0.2) is 4.99 Å². The van der Waals surface area contributed by atoms with Gasteiger partial charge in [-0.3, -0.25) is 14.2 Å². The number of hydrogen-bond donors (Lipinski definition) is 0. The van der Waals surface area contributed by atoms with Crippen molar-refractivity contribution < 1.29 is 4.79 Å². The lowest BCUT2D eigenvalue weighted by Crippen LogP contribution is -2.42. The Labute approximate surface area is 151 Å². The van der Waals surface area contributed by atoms with Gasteiger partial charge >= 0.3 is 0 Å². The lowest BCUT2D eigenvalue weighted by molar-refractivity contribution is 0.101. The zero-order valence-corrected chi connectivity index (χ0v) is 15.1. The quantitative estimate of drug-likeness (QED) is 0.664. The fraction of sp³-hybridized carbons (Fsp3) is 0.167. The molecule has 3 aromatic rings. The van der Waals surface area contributed by atoms with Gasteiger partial charge in [0.25, 0.3) is 5.56 Å². The third kappa shape index (κ3) is 3.08. The van der Waals surface area contributed by atoms with Crippen LogP contribution < -0.4 is 19.8 Å². The van der Waals surface area contributed by atoms with Gasteiger partial charge in [-0.15, -0.1) is 11.3 Å². The van der Waals surface area contributed by atoms with Gasteiger partial charge in [0.1, 0.15) is 13.3 Å². The third-order valence-corrected chi connectivity index (χ3v) is 5.88. The van der Waals surface area contributed by atoms with E-state index in [2.05, 4.69) is 4.99 Å². The molecule has 0 bridgehead atoms. The summed E-state index contributed by atoms with van der Waals surface area (Å²) in [6, 6.07) is 11.4. The molecule has 0 atom stereocenters. The highest BCUT2D eigenvalue weighted by Gasteiger charge is 2.16. The Hall–Kier alpha value is -2.51. The first-order valence-electron chi connectivity index (χ1n) is 7.77. The van der Waals surface area contributed by atoms with Gasteiger partial charge in [0.15, 0.2) is 10.6 Å². The molecule has 0 saturated carbocycles. The van der Waals surface area contributed by atoms with E-state index in [1.807, 2.05) is 46.7 Å². The molecule has 0 aliphatic carbocycles. The molecule has 0 saturated heterocycles. The number of Topliss-reactive ketones (excluding diaryl/α,β-unsaturated/α-hetero) is 1. The van der Waals surface area contributed by atoms with Crippen molar-refractivity contribution in [2.24, 2.45) is 4.99 Å². The van der Waals surface area contributed by atoms with E-state index >= 15 is 0 Å². The molecule has 1 aromatic carbocycles. The minimum absolute atomic E-state index is 0.0235. The number of nitrogens with zero attached hydrogens (tertiary/aromatic N) is 3. The smallest absolute Gasteiger partial charge is 0.271 e. The van der Waals surface area contributed by atoms with Crippen LogP contribution >= 0.6 is 22.7 Å². The van der Waals surface area contributed by atoms with Crippen LogP contribution in [-0.4, -0.2) is 17.0 Å². The van der Waals surface area contributed by atoms with Crippen molar-refractivity contribution in [2.75, 3.05) is 11.6 Å². The summed E-state index contributed by atoms with van der Waals surface area (Å²) in [5.74, 6) is 0.0250. The normalized spacial score (nSPS) is 14.3. The summed E-state index contributed by atoms with van der Waals surface area (Å²) in [4.78, 5) is 32.6. The van der Waals surface area contributed by atoms with Gasteiger partial charge in [0.05, 0.1) is 4.53 Å². The van der Waals surface area contributed by atoms with Crippen molar-refractivity contribution in [1.82, 2.24) is 4.57 Å². The molecule has 4 rings (SSSR count). The Morgan fingerprint density at radius 3 is 2.92 bits per heavy atom. The van der Waals surface area contributed by atoms with Crippen LogP contribution in [0.5, 0.6) is 0 Å². The Balaban J connectivity index is 1.71. The number of fused-ring (bicyclic) bond motifs is 1. The summed E-state index contributed by atoms with van der Waals surface area (Å²) in [5, 5.41) is 1.99. The van der Waals surface area contributed by atoms with Crippen molar-refractivity contribution in [2.45, 2.75) is 13.6 Å². The van der Waals surface area contributed by atoms with Gasteiger partial charge in [-0.1, -0.05) is 29.5 Å². The molecule has 0 N–H and O–H groups in total. The fourth-order valence-electron chi connectivity index (χ4n) is 2.70. The van der Waals surface area contributed by atoms with Crippen LogP contribution in [0.25, 0.3) is 6.08 Å². The number of aromatic nitrogens is 1. The number of benzene rings is 1. The Kier molecular flexibility index (Phi) is 4.10. The molecule has 7 heteroatoms. The zero-order chi connectivity index (χ0) is 17.4. The average Bonchev–Trinajstić information content (AvgIpc) is 3.24. The number of thiophene rings is 1. The molecule has 1 aliphatic rings. The molecule has 3 heterocycles. The van der Waals surface area contributed by atoms with Crippen molar-refractivity contribution >= 4 is 40.2 Å². The van der Waals surface area contributed by atoms with E-state index in [1.165, 1.54) is 11.3 Å². The van der Waals surface area contributed by atoms with E-state index in [0.717, 1.165) is 15.4 Å².